The van der Waals surface area contributed by atoms with Crippen molar-refractivity contribution in [1.82, 2.24) is 9.97 Å². The number of rotatable bonds is 1. The molecule has 0 aliphatic heterocycles. The summed E-state index contributed by atoms with van der Waals surface area (Å²) >= 11 is 6.05. The van der Waals surface area contributed by atoms with E-state index in [4.69, 9.17) is 16.3 Å². The van der Waals surface area contributed by atoms with Gasteiger partial charge in [-0.1, -0.05) is 13.8 Å². The number of methoxy groups -OCH3 is 1. The number of nitrogens with zero attached hydrogens (tertiary/aromatic N) is 2. The maximum Gasteiger partial charge on any atom is 0.225 e. The largest absolute Gasteiger partial charge is 0.481 e. The molecule has 3 atom stereocenters. The molecule has 1 aromatic rings. The van der Waals surface area contributed by atoms with Crippen LogP contribution in [-0.2, 0) is 16.6 Å². The van der Waals surface area contributed by atoms with Crippen LogP contribution < -0.4 is 4.74 Å². The number of fused-ring (bicyclic) bond motifs is 3. The second-order valence-electron chi connectivity index (χ2n) is 6.15. The van der Waals surface area contributed by atoms with Crippen molar-refractivity contribution in [1.29, 1.82) is 0 Å². The van der Waals surface area contributed by atoms with Crippen molar-refractivity contribution in [3.8, 4) is 5.88 Å². The molecule has 0 aromatic carbocycles. The Bertz CT molecular complexity index is 575. The van der Waals surface area contributed by atoms with E-state index in [1.165, 1.54) is 0 Å². The van der Waals surface area contributed by atoms with Crippen molar-refractivity contribution >= 4 is 17.4 Å². The SMILES string of the molecule is COc1nc(Cl)nc2c1CC[C@H]1[C@H](C)C(=O)CC[C@]21C. The minimum absolute atomic E-state index is 0.0965. The van der Waals surface area contributed by atoms with Crippen LogP contribution in [0.4, 0.5) is 0 Å². The van der Waals surface area contributed by atoms with Crippen LogP contribution in [0.2, 0.25) is 5.28 Å². The Morgan fingerprint density at radius 1 is 1.35 bits per heavy atom. The van der Waals surface area contributed by atoms with E-state index in [1.807, 2.05) is 0 Å². The number of hydrogen-bond acceptors (Lipinski definition) is 4. The molecule has 3 rings (SSSR count). The molecular weight excluding hydrogens is 276 g/mol. The lowest BCUT2D eigenvalue weighted by Crippen LogP contribution is -2.47. The summed E-state index contributed by atoms with van der Waals surface area (Å²) < 4.78 is 5.36. The fourth-order valence-corrected chi connectivity index (χ4v) is 4.20. The van der Waals surface area contributed by atoms with Gasteiger partial charge in [0.05, 0.1) is 12.8 Å². The van der Waals surface area contributed by atoms with E-state index in [2.05, 4.69) is 23.8 Å². The van der Waals surface area contributed by atoms with Crippen molar-refractivity contribution in [2.75, 3.05) is 7.11 Å². The van der Waals surface area contributed by atoms with Gasteiger partial charge >= 0.3 is 0 Å². The maximum atomic E-state index is 12.0. The normalized spacial score (nSPS) is 32.5. The van der Waals surface area contributed by atoms with Crippen LogP contribution in [0.5, 0.6) is 5.88 Å². The Hall–Kier alpha value is -1.16. The predicted molar refractivity (Wildman–Crippen MR) is 76.2 cm³/mol. The van der Waals surface area contributed by atoms with Crippen LogP contribution in [0.25, 0.3) is 0 Å². The highest BCUT2D eigenvalue weighted by molar-refractivity contribution is 6.28. The van der Waals surface area contributed by atoms with Gasteiger partial charge in [0, 0.05) is 23.3 Å². The number of halogens is 1. The number of ether oxygens (including phenoxy) is 1. The first-order chi connectivity index (χ1) is 9.47. The summed E-state index contributed by atoms with van der Waals surface area (Å²) in [6.45, 7) is 4.26. The summed E-state index contributed by atoms with van der Waals surface area (Å²) in [6, 6.07) is 0. The molecule has 2 aliphatic carbocycles. The molecule has 0 unspecified atom stereocenters. The number of ketones is 1. The average molecular weight is 295 g/mol. The third-order valence-electron chi connectivity index (χ3n) is 5.20. The highest BCUT2D eigenvalue weighted by atomic mass is 35.5. The number of carbonyl (C=O) groups is 1. The van der Waals surface area contributed by atoms with Gasteiger partial charge in [0.2, 0.25) is 11.2 Å². The van der Waals surface area contributed by atoms with Gasteiger partial charge in [-0.25, -0.2) is 4.98 Å². The van der Waals surface area contributed by atoms with Crippen molar-refractivity contribution in [2.24, 2.45) is 11.8 Å². The lowest BCUT2D eigenvalue weighted by atomic mass is 9.56. The Kier molecular flexibility index (Phi) is 3.24. The topological polar surface area (TPSA) is 52.1 Å². The summed E-state index contributed by atoms with van der Waals surface area (Å²) in [5.74, 6) is 1.40. The molecule has 0 saturated heterocycles. The van der Waals surface area contributed by atoms with Gasteiger partial charge < -0.3 is 4.74 Å². The second kappa shape index (κ2) is 4.69. The van der Waals surface area contributed by atoms with E-state index in [0.29, 0.717) is 24.0 Å². The van der Waals surface area contributed by atoms with E-state index in [-0.39, 0.29) is 16.6 Å². The minimum Gasteiger partial charge on any atom is -0.481 e. The molecule has 1 heterocycles. The number of carbonyl (C=O) groups excluding carboxylic acids is 1. The van der Waals surface area contributed by atoms with E-state index >= 15 is 0 Å². The Morgan fingerprint density at radius 2 is 2.10 bits per heavy atom. The van der Waals surface area contributed by atoms with Gasteiger partial charge in [0.1, 0.15) is 5.78 Å². The molecule has 1 aromatic heterocycles. The van der Waals surface area contributed by atoms with E-state index in [0.717, 1.165) is 30.5 Å². The third kappa shape index (κ3) is 1.85. The lowest BCUT2D eigenvalue weighted by Gasteiger charge is -2.47. The molecule has 4 nitrogen and oxygen atoms in total. The monoisotopic (exact) mass is 294 g/mol. The van der Waals surface area contributed by atoms with Crippen LogP contribution in [0.15, 0.2) is 0 Å². The second-order valence-corrected chi connectivity index (χ2v) is 6.48. The highest BCUT2D eigenvalue weighted by Crippen LogP contribution is 2.51. The quantitative estimate of drug-likeness (QED) is 0.747. The zero-order valence-electron chi connectivity index (χ0n) is 12.1. The summed E-state index contributed by atoms with van der Waals surface area (Å²) in [6.07, 6.45) is 3.30. The Balaban J connectivity index is 2.15. The third-order valence-corrected chi connectivity index (χ3v) is 5.37. The predicted octanol–water partition coefficient (Wildman–Crippen LogP) is 2.96. The molecule has 0 bridgehead atoms. The molecule has 1 saturated carbocycles. The molecule has 5 heteroatoms. The first-order valence-electron chi connectivity index (χ1n) is 7.11. The van der Waals surface area contributed by atoms with Gasteiger partial charge in [0.15, 0.2) is 0 Å². The van der Waals surface area contributed by atoms with Crippen molar-refractivity contribution in [2.45, 2.75) is 44.9 Å². The fourth-order valence-electron chi connectivity index (χ4n) is 4.04. The first-order valence-corrected chi connectivity index (χ1v) is 7.48. The molecule has 1 fully saturated rings. The van der Waals surface area contributed by atoms with Crippen LogP contribution in [-0.4, -0.2) is 22.9 Å². The molecule has 0 radical (unpaired) electrons. The van der Waals surface area contributed by atoms with Gasteiger partial charge in [-0.2, -0.15) is 4.98 Å². The van der Waals surface area contributed by atoms with E-state index in [9.17, 15) is 4.79 Å². The fraction of sp³-hybridized carbons (Fsp3) is 0.667. The van der Waals surface area contributed by atoms with E-state index < -0.39 is 0 Å². The van der Waals surface area contributed by atoms with Crippen LogP contribution in [0.3, 0.4) is 0 Å². The van der Waals surface area contributed by atoms with E-state index in [1.54, 1.807) is 7.11 Å². The highest BCUT2D eigenvalue weighted by Gasteiger charge is 2.49. The smallest absolute Gasteiger partial charge is 0.225 e. The minimum atomic E-state index is -0.0965. The molecular formula is C15H19ClN2O2. The maximum absolute atomic E-state index is 12.0. The molecule has 0 N–H and O–H groups in total. The zero-order valence-corrected chi connectivity index (χ0v) is 12.8. The number of hydrogen-bond donors (Lipinski definition) is 0. The first kappa shape index (κ1) is 13.8. The summed E-state index contributed by atoms with van der Waals surface area (Å²) in [5, 5.41) is 0.229. The van der Waals surface area contributed by atoms with Crippen LogP contribution in [0, 0.1) is 11.8 Å². The lowest BCUT2D eigenvalue weighted by molar-refractivity contribution is -0.128. The van der Waals surface area contributed by atoms with Gasteiger partial charge in [-0.05, 0) is 36.8 Å². The Labute approximate surface area is 123 Å². The summed E-state index contributed by atoms with van der Waals surface area (Å²) in [5.41, 5.74) is 1.96. The molecule has 108 valence electrons. The average Bonchev–Trinajstić information content (AvgIpc) is 2.43. The zero-order chi connectivity index (χ0) is 14.5. The van der Waals surface area contributed by atoms with Crippen molar-refractivity contribution in [3.63, 3.8) is 0 Å². The van der Waals surface area contributed by atoms with Crippen molar-refractivity contribution in [3.05, 3.63) is 16.5 Å². The van der Waals surface area contributed by atoms with Gasteiger partial charge in [0.25, 0.3) is 0 Å². The number of Topliss-reactive ketones (excluding diaryl/α,β-unsaturated/α-hetero) is 1. The molecule has 2 aliphatic rings. The number of aromatic nitrogens is 2. The molecule has 0 spiro atoms. The molecule has 20 heavy (non-hydrogen) atoms. The molecule has 0 amide bonds. The summed E-state index contributed by atoms with van der Waals surface area (Å²) in [4.78, 5) is 20.7. The Morgan fingerprint density at radius 3 is 2.80 bits per heavy atom. The van der Waals surface area contributed by atoms with Crippen molar-refractivity contribution < 1.29 is 9.53 Å². The van der Waals surface area contributed by atoms with Gasteiger partial charge in [-0.15, -0.1) is 0 Å². The standard InChI is InChI=1S/C15H19ClN2O2/c1-8-10-5-4-9-12(15(10,2)7-6-11(8)19)17-14(16)18-13(9)20-3/h8,10H,4-7H2,1-3H3/t8-,10-,15-/m0/s1. The summed E-state index contributed by atoms with van der Waals surface area (Å²) in [7, 11) is 1.61. The van der Waals surface area contributed by atoms with Gasteiger partial charge in [-0.3, -0.25) is 4.79 Å². The van der Waals surface area contributed by atoms with Crippen LogP contribution in [0.1, 0.15) is 44.4 Å². The van der Waals surface area contributed by atoms with Crippen LogP contribution >= 0.6 is 11.6 Å².